The van der Waals surface area contributed by atoms with Gasteiger partial charge in [0.15, 0.2) is 18.1 Å². The summed E-state index contributed by atoms with van der Waals surface area (Å²) >= 11 is 0. The summed E-state index contributed by atoms with van der Waals surface area (Å²) in [7, 11) is 4.54. The van der Waals surface area contributed by atoms with Crippen molar-refractivity contribution >= 4 is 11.8 Å². The fraction of sp³-hybridized carbons (Fsp3) is 0.417. The lowest BCUT2D eigenvalue weighted by Crippen LogP contribution is -2.51. The molecule has 8 heteroatoms. The van der Waals surface area contributed by atoms with Crippen molar-refractivity contribution in [3.63, 3.8) is 0 Å². The lowest BCUT2D eigenvalue weighted by atomic mass is 10.1. The molecule has 2 amide bonds. The maximum absolute atomic E-state index is 13.0. The Bertz CT molecular complexity index is 928. The molecule has 32 heavy (non-hydrogen) atoms. The quantitative estimate of drug-likeness (QED) is 0.626. The van der Waals surface area contributed by atoms with E-state index in [4.69, 9.17) is 18.9 Å². The molecule has 8 nitrogen and oxygen atoms in total. The molecule has 0 bridgehead atoms. The van der Waals surface area contributed by atoms with Crippen LogP contribution >= 0.6 is 0 Å². The number of para-hydroxylation sites is 1. The number of piperazine rings is 1. The summed E-state index contributed by atoms with van der Waals surface area (Å²) in [6.45, 7) is 3.81. The fourth-order valence-corrected chi connectivity index (χ4v) is 3.71. The molecule has 0 radical (unpaired) electrons. The number of carbonyl (C=O) groups is 2. The van der Waals surface area contributed by atoms with Gasteiger partial charge in [-0.25, -0.2) is 0 Å². The van der Waals surface area contributed by atoms with Crippen LogP contribution in [0.3, 0.4) is 0 Å². The van der Waals surface area contributed by atoms with Gasteiger partial charge in [-0.2, -0.15) is 0 Å². The molecule has 1 saturated heterocycles. The Hall–Kier alpha value is -3.42. The molecule has 3 rings (SSSR count). The van der Waals surface area contributed by atoms with E-state index in [0.29, 0.717) is 49.0 Å². The van der Waals surface area contributed by atoms with E-state index in [2.05, 4.69) is 0 Å². The van der Waals surface area contributed by atoms with Crippen molar-refractivity contribution < 1.29 is 28.5 Å². The van der Waals surface area contributed by atoms with Gasteiger partial charge in [-0.05, 0) is 30.2 Å². The van der Waals surface area contributed by atoms with Crippen molar-refractivity contribution in [1.82, 2.24) is 9.80 Å². The second-order valence-electron chi connectivity index (χ2n) is 7.34. The maximum Gasteiger partial charge on any atom is 0.260 e. The Balaban J connectivity index is 1.59. The van der Waals surface area contributed by atoms with Crippen LogP contribution in [0, 0.1) is 0 Å². The van der Waals surface area contributed by atoms with E-state index >= 15 is 0 Å². The van der Waals surface area contributed by atoms with E-state index in [1.165, 1.54) is 21.3 Å². The summed E-state index contributed by atoms with van der Waals surface area (Å²) in [6.07, 6.45) is 0.839. The van der Waals surface area contributed by atoms with Gasteiger partial charge < -0.3 is 28.7 Å². The molecule has 0 aromatic heterocycles. The molecule has 0 unspecified atom stereocenters. The number of methoxy groups -OCH3 is 3. The summed E-state index contributed by atoms with van der Waals surface area (Å²) in [5, 5.41) is 0. The van der Waals surface area contributed by atoms with Crippen LogP contribution in [0.25, 0.3) is 0 Å². The molecule has 0 aliphatic carbocycles. The average molecular weight is 443 g/mol. The molecular weight excluding hydrogens is 412 g/mol. The monoisotopic (exact) mass is 442 g/mol. The first kappa shape index (κ1) is 23.2. The molecule has 1 fully saturated rings. The average Bonchev–Trinajstić information content (AvgIpc) is 2.85. The number of hydrogen-bond donors (Lipinski definition) is 0. The summed E-state index contributed by atoms with van der Waals surface area (Å²) in [4.78, 5) is 29.1. The molecule has 0 N–H and O–H groups in total. The van der Waals surface area contributed by atoms with Crippen LogP contribution in [0.2, 0.25) is 0 Å². The van der Waals surface area contributed by atoms with Gasteiger partial charge in [-0.15, -0.1) is 0 Å². The Morgan fingerprint density at radius 1 is 0.844 bits per heavy atom. The highest BCUT2D eigenvalue weighted by Crippen LogP contribution is 2.38. The van der Waals surface area contributed by atoms with Gasteiger partial charge in [0.05, 0.1) is 21.3 Å². The second kappa shape index (κ2) is 10.7. The zero-order valence-electron chi connectivity index (χ0n) is 19.1. The van der Waals surface area contributed by atoms with Gasteiger partial charge in [-0.3, -0.25) is 9.59 Å². The van der Waals surface area contributed by atoms with E-state index in [1.54, 1.807) is 21.9 Å². The third-order valence-electron chi connectivity index (χ3n) is 5.54. The van der Waals surface area contributed by atoms with Crippen molar-refractivity contribution in [2.45, 2.75) is 13.3 Å². The Kier molecular flexibility index (Phi) is 7.81. The lowest BCUT2D eigenvalue weighted by Gasteiger charge is -2.35. The van der Waals surface area contributed by atoms with E-state index in [1.807, 2.05) is 31.2 Å². The maximum atomic E-state index is 13.0. The Labute approximate surface area is 188 Å². The summed E-state index contributed by atoms with van der Waals surface area (Å²) in [6, 6.07) is 11.0. The van der Waals surface area contributed by atoms with Crippen LogP contribution in [0.1, 0.15) is 22.8 Å². The molecule has 0 spiro atoms. The lowest BCUT2D eigenvalue weighted by molar-refractivity contribution is -0.134. The largest absolute Gasteiger partial charge is 0.493 e. The van der Waals surface area contributed by atoms with Crippen molar-refractivity contribution in [2.24, 2.45) is 0 Å². The first-order chi connectivity index (χ1) is 15.5. The molecule has 172 valence electrons. The van der Waals surface area contributed by atoms with Gasteiger partial charge in [0.1, 0.15) is 5.75 Å². The highest BCUT2D eigenvalue weighted by molar-refractivity contribution is 5.96. The van der Waals surface area contributed by atoms with Crippen molar-refractivity contribution in [3.8, 4) is 23.0 Å². The van der Waals surface area contributed by atoms with Gasteiger partial charge in [0.25, 0.3) is 11.8 Å². The van der Waals surface area contributed by atoms with Crippen molar-refractivity contribution in [3.05, 3.63) is 47.5 Å². The van der Waals surface area contributed by atoms with Crippen molar-refractivity contribution in [1.29, 1.82) is 0 Å². The van der Waals surface area contributed by atoms with Crippen molar-refractivity contribution in [2.75, 3.05) is 54.1 Å². The van der Waals surface area contributed by atoms with Gasteiger partial charge in [0, 0.05) is 31.7 Å². The minimum absolute atomic E-state index is 0.0160. The number of nitrogens with zero attached hydrogens (tertiary/aromatic N) is 2. The highest BCUT2D eigenvalue weighted by Gasteiger charge is 2.27. The van der Waals surface area contributed by atoms with E-state index < -0.39 is 0 Å². The number of benzene rings is 2. The molecule has 0 atom stereocenters. The topological polar surface area (TPSA) is 77.5 Å². The summed E-state index contributed by atoms with van der Waals surface area (Å²) in [5.41, 5.74) is 1.51. The molecule has 2 aromatic carbocycles. The third kappa shape index (κ3) is 5.07. The normalized spacial score (nSPS) is 13.5. The van der Waals surface area contributed by atoms with Gasteiger partial charge in [0.2, 0.25) is 5.75 Å². The van der Waals surface area contributed by atoms with Crippen LogP contribution in [0.15, 0.2) is 36.4 Å². The first-order valence-electron chi connectivity index (χ1n) is 10.6. The third-order valence-corrected chi connectivity index (χ3v) is 5.54. The summed E-state index contributed by atoms with van der Waals surface area (Å²) < 4.78 is 21.8. The molecular formula is C24H30N2O6. The minimum atomic E-state index is -0.149. The van der Waals surface area contributed by atoms with Crippen LogP contribution in [0.5, 0.6) is 23.0 Å². The smallest absolute Gasteiger partial charge is 0.260 e. The minimum Gasteiger partial charge on any atom is -0.493 e. The highest BCUT2D eigenvalue weighted by atomic mass is 16.5. The number of carbonyl (C=O) groups excluding carboxylic acids is 2. The van der Waals surface area contributed by atoms with Gasteiger partial charge in [-0.1, -0.05) is 25.1 Å². The number of aryl methyl sites for hydroxylation is 1. The fourth-order valence-electron chi connectivity index (χ4n) is 3.71. The Morgan fingerprint density at radius 3 is 2.00 bits per heavy atom. The van der Waals surface area contributed by atoms with Crippen LogP contribution in [0.4, 0.5) is 0 Å². The number of rotatable bonds is 8. The summed E-state index contributed by atoms with van der Waals surface area (Å²) in [5.74, 6) is 1.79. The SMILES string of the molecule is CCc1ccccc1OCC(=O)N1CCN(C(=O)c2cc(OC)c(OC)c(OC)c2)CC1. The molecule has 0 saturated carbocycles. The first-order valence-corrected chi connectivity index (χ1v) is 10.6. The van der Waals surface area contributed by atoms with E-state index in [9.17, 15) is 9.59 Å². The molecule has 2 aromatic rings. The van der Waals surface area contributed by atoms with E-state index in [-0.39, 0.29) is 18.4 Å². The van der Waals surface area contributed by atoms with Crippen LogP contribution in [-0.2, 0) is 11.2 Å². The second-order valence-corrected chi connectivity index (χ2v) is 7.34. The molecule has 1 heterocycles. The molecule has 1 aliphatic heterocycles. The zero-order chi connectivity index (χ0) is 23.1. The molecule has 1 aliphatic rings. The predicted octanol–water partition coefficient (Wildman–Crippen LogP) is 2.64. The van der Waals surface area contributed by atoms with Crippen LogP contribution in [-0.4, -0.2) is 75.7 Å². The Morgan fingerprint density at radius 2 is 1.44 bits per heavy atom. The number of hydrogen-bond acceptors (Lipinski definition) is 6. The standard InChI is InChI=1S/C24H30N2O6/c1-5-17-8-6-7-9-19(17)32-16-22(27)25-10-12-26(13-11-25)24(28)18-14-20(29-2)23(31-4)21(15-18)30-3/h6-9,14-15H,5,10-13,16H2,1-4H3. The van der Waals surface area contributed by atoms with Crippen LogP contribution < -0.4 is 18.9 Å². The number of amides is 2. The van der Waals surface area contributed by atoms with Gasteiger partial charge >= 0.3 is 0 Å². The van der Waals surface area contributed by atoms with E-state index in [0.717, 1.165) is 17.7 Å². The number of ether oxygens (including phenoxy) is 4. The predicted molar refractivity (Wildman–Crippen MR) is 120 cm³/mol. The zero-order valence-corrected chi connectivity index (χ0v) is 19.1.